The molecule has 4 rings (SSSR count). The minimum Gasteiger partial charge on any atom is -0.451 e. The monoisotopic (exact) mass is 370 g/mol. The van der Waals surface area contributed by atoms with E-state index >= 15 is 0 Å². The van der Waals surface area contributed by atoms with Gasteiger partial charge in [0.2, 0.25) is 0 Å². The Labute approximate surface area is 154 Å². The first-order valence-corrected chi connectivity index (χ1v) is 9.29. The van der Waals surface area contributed by atoms with Crippen LogP contribution < -0.4 is 0 Å². The van der Waals surface area contributed by atoms with Gasteiger partial charge in [0.05, 0.1) is 6.54 Å². The van der Waals surface area contributed by atoms with E-state index in [2.05, 4.69) is 4.99 Å². The Balaban J connectivity index is 1.48. The average molecular weight is 371 g/mol. The van der Waals surface area contributed by atoms with Crippen LogP contribution >= 0.6 is 23.4 Å². The Morgan fingerprint density at radius 3 is 2.80 bits per heavy atom. The second-order valence-corrected chi connectivity index (χ2v) is 7.06. The summed E-state index contributed by atoms with van der Waals surface area (Å²) in [6.45, 7) is 1.20. The quantitative estimate of drug-likeness (QED) is 0.663. The predicted molar refractivity (Wildman–Crippen MR) is 102 cm³/mol. The lowest BCUT2D eigenvalue weighted by atomic mass is 10.2. The molecular formula is C19H15ClN2O2S. The molecule has 1 aliphatic rings. The van der Waals surface area contributed by atoms with E-state index in [-0.39, 0.29) is 5.91 Å². The number of aliphatic imine (C=N–C) groups is 1. The number of furan rings is 1. The van der Waals surface area contributed by atoms with Crippen LogP contribution in [-0.4, -0.2) is 29.1 Å². The van der Waals surface area contributed by atoms with Crippen LogP contribution in [0, 0.1) is 0 Å². The molecule has 1 amide bonds. The average Bonchev–Trinajstić information content (AvgIpc) is 3.27. The predicted octanol–water partition coefficient (Wildman–Crippen LogP) is 4.83. The number of halogens is 1. The smallest absolute Gasteiger partial charge is 0.295 e. The summed E-state index contributed by atoms with van der Waals surface area (Å²) < 4.78 is 5.70. The zero-order valence-corrected chi connectivity index (χ0v) is 14.9. The third-order valence-electron chi connectivity index (χ3n) is 3.96. The van der Waals surface area contributed by atoms with E-state index in [9.17, 15) is 4.79 Å². The van der Waals surface area contributed by atoms with Crippen LogP contribution in [0.3, 0.4) is 0 Å². The van der Waals surface area contributed by atoms with E-state index in [1.165, 1.54) is 0 Å². The fraction of sp³-hybridized carbons (Fsp3) is 0.158. The number of carbonyl (C=O) groups is 1. The maximum Gasteiger partial charge on any atom is 0.295 e. The largest absolute Gasteiger partial charge is 0.451 e. The van der Waals surface area contributed by atoms with E-state index in [0.717, 1.165) is 27.5 Å². The lowest BCUT2D eigenvalue weighted by Gasteiger charge is -2.16. The van der Waals surface area contributed by atoms with Crippen LogP contribution in [0.5, 0.6) is 0 Å². The van der Waals surface area contributed by atoms with Gasteiger partial charge >= 0.3 is 0 Å². The summed E-state index contributed by atoms with van der Waals surface area (Å²) in [5.74, 6) is 0.943. The molecule has 0 N–H and O–H groups in total. The Bertz CT molecular complexity index is 916. The standard InChI is InChI=1S/C19H15ClN2O2S/c20-15-7-5-13(6-8-15)12-25-19-21-9-10-22(19)18(23)17-11-14-3-1-2-4-16(14)24-17/h1-8,11H,9-10,12H2. The van der Waals surface area contributed by atoms with Gasteiger partial charge in [-0.05, 0) is 29.8 Å². The molecule has 0 unspecified atom stereocenters. The number of fused-ring (bicyclic) bond motifs is 1. The van der Waals surface area contributed by atoms with Crippen LogP contribution in [0.25, 0.3) is 11.0 Å². The molecule has 25 heavy (non-hydrogen) atoms. The van der Waals surface area contributed by atoms with Crippen LogP contribution in [0.2, 0.25) is 5.02 Å². The molecular weight excluding hydrogens is 356 g/mol. The topological polar surface area (TPSA) is 45.8 Å². The van der Waals surface area contributed by atoms with Crippen molar-refractivity contribution in [2.75, 3.05) is 13.1 Å². The first-order valence-electron chi connectivity index (χ1n) is 7.93. The number of nitrogens with zero attached hydrogens (tertiary/aromatic N) is 2. The van der Waals surface area contributed by atoms with Gasteiger partial charge in [-0.3, -0.25) is 14.7 Å². The molecule has 0 saturated carbocycles. The summed E-state index contributed by atoms with van der Waals surface area (Å²) in [5, 5.41) is 2.38. The maximum atomic E-state index is 12.8. The zero-order valence-electron chi connectivity index (χ0n) is 13.3. The van der Waals surface area contributed by atoms with Crippen molar-refractivity contribution in [1.29, 1.82) is 0 Å². The van der Waals surface area contributed by atoms with Gasteiger partial charge < -0.3 is 4.42 Å². The van der Waals surface area contributed by atoms with Gasteiger partial charge in [-0.2, -0.15) is 0 Å². The second-order valence-electron chi connectivity index (χ2n) is 5.68. The molecule has 0 fully saturated rings. The van der Waals surface area contributed by atoms with E-state index in [1.807, 2.05) is 48.5 Å². The van der Waals surface area contributed by atoms with Crippen molar-refractivity contribution in [1.82, 2.24) is 4.90 Å². The van der Waals surface area contributed by atoms with Gasteiger partial charge in [0.1, 0.15) is 5.58 Å². The van der Waals surface area contributed by atoms with Crippen molar-refractivity contribution < 1.29 is 9.21 Å². The number of amidine groups is 1. The first-order chi connectivity index (χ1) is 12.2. The lowest BCUT2D eigenvalue weighted by molar-refractivity contribution is 0.0833. The van der Waals surface area contributed by atoms with E-state index < -0.39 is 0 Å². The summed E-state index contributed by atoms with van der Waals surface area (Å²) in [6.07, 6.45) is 0. The minimum atomic E-state index is -0.143. The van der Waals surface area contributed by atoms with Gasteiger partial charge in [-0.25, -0.2) is 0 Å². The molecule has 1 aromatic heterocycles. The summed E-state index contributed by atoms with van der Waals surface area (Å²) in [4.78, 5) is 19.0. The van der Waals surface area contributed by atoms with Crippen LogP contribution in [-0.2, 0) is 5.75 Å². The number of hydrogen-bond donors (Lipinski definition) is 0. The highest BCUT2D eigenvalue weighted by Crippen LogP contribution is 2.25. The number of carbonyl (C=O) groups excluding carboxylic acids is 1. The molecule has 0 spiro atoms. The van der Waals surface area contributed by atoms with Crippen molar-refractivity contribution in [3.05, 3.63) is 70.9 Å². The molecule has 0 atom stereocenters. The number of amides is 1. The number of rotatable bonds is 3. The van der Waals surface area contributed by atoms with Gasteiger partial charge in [-0.1, -0.05) is 53.7 Å². The summed E-state index contributed by atoms with van der Waals surface area (Å²) in [5.41, 5.74) is 1.86. The van der Waals surface area contributed by atoms with Gasteiger partial charge in [0.15, 0.2) is 10.9 Å². The molecule has 3 aromatic rings. The highest BCUT2D eigenvalue weighted by Gasteiger charge is 2.27. The van der Waals surface area contributed by atoms with Crippen molar-refractivity contribution in [3.63, 3.8) is 0 Å². The Morgan fingerprint density at radius 2 is 2.00 bits per heavy atom. The fourth-order valence-corrected chi connectivity index (χ4v) is 3.81. The molecule has 4 nitrogen and oxygen atoms in total. The normalized spacial score (nSPS) is 14.1. The van der Waals surface area contributed by atoms with Crippen LogP contribution in [0.15, 0.2) is 64.0 Å². The highest BCUT2D eigenvalue weighted by molar-refractivity contribution is 8.13. The Morgan fingerprint density at radius 1 is 1.20 bits per heavy atom. The van der Waals surface area contributed by atoms with Gasteiger partial charge in [-0.15, -0.1) is 0 Å². The summed E-state index contributed by atoms with van der Waals surface area (Å²) in [6, 6.07) is 17.1. The molecule has 0 bridgehead atoms. The summed E-state index contributed by atoms with van der Waals surface area (Å²) in [7, 11) is 0. The second kappa shape index (κ2) is 6.94. The first kappa shape index (κ1) is 16.2. The van der Waals surface area contributed by atoms with Crippen molar-refractivity contribution >= 4 is 45.4 Å². The number of hydrogen-bond acceptors (Lipinski definition) is 4. The molecule has 126 valence electrons. The summed E-state index contributed by atoms with van der Waals surface area (Å²) >= 11 is 7.46. The van der Waals surface area contributed by atoms with Crippen molar-refractivity contribution in [2.45, 2.75) is 5.75 Å². The van der Waals surface area contributed by atoms with Crippen molar-refractivity contribution in [2.24, 2.45) is 4.99 Å². The SMILES string of the molecule is O=C(c1cc2ccccc2o1)N1CCN=C1SCc1ccc(Cl)cc1. The molecule has 1 aliphatic heterocycles. The minimum absolute atomic E-state index is 0.143. The van der Waals surface area contributed by atoms with Crippen molar-refractivity contribution in [3.8, 4) is 0 Å². The van der Waals surface area contributed by atoms with Gasteiger partial charge in [0.25, 0.3) is 5.91 Å². The molecule has 0 saturated heterocycles. The highest BCUT2D eigenvalue weighted by atomic mass is 35.5. The van der Waals surface area contributed by atoms with E-state index in [1.54, 1.807) is 22.7 Å². The van der Waals surface area contributed by atoms with Crippen LogP contribution in [0.1, 0.15) is 16.1 Å². The molecule has 0 aliphatic carbocycles. The van der Waals surface area contributed by atoms with Gasteiger partial charge in [0, 0.05) is 22.7 Å². The molecule has 2 heterocycles. The van der Waals surface area contributed by atoms with E-state index in [0.29, 0.717) is 23.9 Å². The molecule has 2 aromatic carbocycles. The number of thioether (sulfide) groups is 1. The van der Waals surface area contributed by atoms with Crippen LogP contribution in [0.4, 0.5) is 0 Å². The third kappa shape index (κ3) is 3.43. The molecule has 0 radical (unpaired) electrons. The Kier molecular flexibility index (Phi) is 4.51. The third-order valence-corrected chi connectivity index (χ3v) is 5.30. The number of benzene rings is 2. The zero-order chi connectivity index (χ0) is 17.2. The maximum absolute atomic E-state index is 12.8. The molecule has 6 heteroatoms. The Hall–Kier alpha value is -2.24. The fourth-order valence-electron chi connectivity index (χ4n) is 2.69. The number of para-hydroxylation sites is 1. The van der Waals surface area contributed by atoms with E-state index in [4.69, 9.17) is 16.0 Å². The lowest BCUT2D eigenvalue weighted by Crippen LogP contribution is -2.32.